The molecule has 2 aromatic rings. The predicted molar refractivity (Wildman–Crippen MR) is 100.0 cm³/mol. The highest BCUT2D eigenvalue weighted by Gasteiger charge is 2.48. The van der Waals surface area contributed by atoms with Crippen LogP contribution in [0.4, 0.5) is 4.79 Å². The predicted octanol–water partition coefficient (Wildman–Crippen LogP) is 3.79. The maximum atomic E-state index is 13.0. The molecule has 2 aromatic carbocycles. The lowest BCUT2D eigenvalue weighted by molar-refractivity contribution is -0.131. The van der Waals surface area contributed by atoms with Crippen LogP contribution in [-0.4, -0.2) is 23.9 Å². The Hall–Kier alpha value is -2.82. The van der Waals surface area contributed by atoms with Crippen LogP contribution in [0.2, 0.25) is 0 Å². The third-order valence-corrected chi connectivity index (χ3v) is 4.93. The molecule has 1 atom stereocenters. The van der Waals surface area contributed by atoms with Gasteiger partial charge in [0, 0.05) is 0 Å². The molecular weight excluding hydrogens is 328 g/mol. The standard InChI is InChI=1S/C21H24N2O3/c1-14(2)16-7-5-15(6-8-16)13-23-19(24)21(3,22-20(23)25)17-9-11-18(26-4)12-10-17/h5-12,14H,13H2,1-4H3,(H,22,25). The lowest BCUT2D eigenvalue weighted by Crippen LogP contribution is -2.40. The average Bonchev–Trinajstić information content (AvgIpc) is 2.86. The van der Waals surface area contributed by atoms with Gasteiger partial charge in [-0.2, -0.15) is 0 Å². The molecule has 1 N–H and O–H groups in total. The summed E-state index contributed by atoms with van der Waals surface area (Å²) in [7, 11) is 1.59. The van der Waals surface area contributed by atoms with Crippen LogP contribution in [-0.2, 0) is 16.9 Å². The second-order valence-corrected chi connectivity index (χ2v) is 7.07. The summed E-state index contributed by atoms with van der Waals surface area (Å²) in [5, 5.41) is 2.83. The van der Waals surface area contributed by atoms with Gasteiger partial charge in [-0.15, -0.1) is 0 Å². The minimum Gasteiger partial charge on any atom is -0.497 e. The molecule has 0 saturated carbocycles. The fourth-order valence-corrected chi connectivity index (χ4v) is 3.15. The quantitative estimate of drug-likeness (QED) is 0.833. The van der Waals surface area contributed by atoms with E-state index in [1.807, 2.05) is 24.3 Å². The molecule has 0 bridgehead atoms. The average molecular weight is 352 g/mol. The van der Waals surface area contributed by atoms with Gasteiger partial charge in [-0.25, -0.2) is 4.79 Å². The number of imide groups is 1. The van der Waals surface area contributed by atoms with Crippen molar-refractivity contribution >= 4 is 11.9 Å². The molecule has 3 amide bonds. The molecule has 1 unspecified atom stereocenters. The minimum atomic E-state index is -1.07. The zero-order chi connectivity index (χ0) is 18.9. The van der Waals surface area contributed by atoms with Crippen molar-refractivity contribution in [2.45, 2.75) is 38.8 Å². The third kappa shape index (κ3) is 3.17. The van der Waals surface area contributed by atoms with Crippen molar-refractivity contribution in [2.75, 3.05) is 7.11 Å². The molecule has 1 heterocycles. The van der Waals surface area contributed by atoms with E-state index < -0.39 is 5.54 Å². The SMILES string of the molecule is COc1ccc(C2(C)NC(=O)N(Cc3ccc(C(C)C)cc3)C2=O)cc1. The third-order valence-electron chi connectivity index (χ3n) is 4.93. The van der Waals surface area contributed by atoms with Crippen LogP contribution in [0.5, 0.6) is 5.75 Å². The van der Waals surface area contributed by atoms with E-state index in [9.17, 15) is 9.59 Å². The Morgan fingerprint density at radius 3 is 2.19 bits per heavy atom. The van der Waals surface area contributed by atoms with Crippen LogP contribution in [0.1, 0.15) is 43.4 Å². The van der Waals surface area contributed by atoms with Crippen molar-refractivity contribution in [3.8, 4) is 5.75 Å². The molecule has 26 heavy (non-hydrogen) atoms. The number of amides is 3. The first-order valence-electron chi connectivity index (χ1n) is 8.72. The molecule has 5 nitrogen and oxygen atoms in total. The lowest BCUT2D eigenvalue weighted by atomic mass is 9.92. The van der Waals surface area contributed by atoms with Crippen LogP contribution >= 0.6 is 0 Å². The zero-order valence-corrected chi connectivity index (χ0v) is 15.6. The summed E-state index contributed by atoms with van der Waals surface area (Å²) in [6, 6.07) is 14.8. The number of methoxy groups -OCH3 is 1. The molecule has 0 aromatic heterocycles. The molecule has 1 aliphatic rings. The molecule has 1 fully saturated rings. The molecule has 136 valence electrons. The van der Waals surface area contributed by atoms with Gasteiger partial charge in [0.05, 0.1) is 13.7 Å². The number of rotatable bonds is 5. The van der Waals surface area contributed by atoms with Gasteiger partial charge in [0.2, 0.25) is 0 Å². The molecule has 1 saturated heterocycles. The highest BCUT2D eigenvalue weighted by molar-refractivity contribution is 6.07. The van der Waals surface area contributed by atoms with Crippen LogP contribution in [0.15, 0.2) is 48.5 Å². The second kappa shape index (κ2) is 6.83. The first-order chi connectivity index (χ1) is 12.3. The van der Waals surface area contributed by atoms with Gasteiger partial charge in [0.25, 0.3) is 5.91 Å². The molecule has 0 radical (unpaired) electrons. The Labute approximate surface area is 154 Å². The maximum Gasteiger partial charge on any atom is 0.325 e. The van der Waals surface area contributed by atoms with Crippen molar-refractivity contribution in [3.63, 3.8) is 0 Å². The summed E-state index contributed by atoms with van der Waals surface area (Å²) < 4.78 is 5.16. The second-order valence-electron chi connectivity index (χ2n) is 7.07. The van der Waals surface area contributed by atoms with Crippen molar-refractivity contribution in [2.24, 2.45) is 0 Å². The zero-order valence-electron chi connectivity index (χ0n) is 15.6. The van der Waals surface area contributed by atoms with Crippen LogP contribution in [0.3, 0.4) is 0 Å². The van der Waals surface area contributed by atoms with Gasteiger partial charge in [0.1, 0.15) is 11.3 Å². The van der Waals surface area contributed by atoms with E-state index in [-0.39, 0.29) is 18.5 Å². The van der Waals surface area contributed by atoms with E-state index in [0.29, 0.717) is 11.7 Å². The number of hydrogen-bond donors (Lipinski definition) is 1. The topological polar surface area (TPSA) is 58.6 Å². The highest BCUT2D eigenvalue weighted by Crippen LogP contribution is 2.31. The van der Waals surface area contributed by atoms with Crippen molar-refractivity contribution < 1.29 is 14.3 Å². The Kier molecular flexibility index (Phi) is 4.72. The normalized spacial score (nSPS) is 19.8. The van der Waals surface area contributed by atoms with Gasteiger partial charge in [-0.05, 0) is 41.7 Å². The molecular formula is C21H24N2O3. The van der Waals surface area contributed by atoms with Gasteiger partial charge < -0.3 is 10.1 Å². The first-order valence-corrected chi connectivity index (χ1v) is 8.72. The van der Waals surface area contributed by atoms with Gasteiger partial charge in [-0.3, -0.25) is 9.69 Å². The number of benzene rings is 2. The van der Waals surface area contributed by atoms with Gasteiger partial charge >= 0.3 is 6.03 Å². The molecule has 5 heteroatoms. The summed E-state index contributed by atoms with van der Waals surface area (Å²) in [4.78, 5) is 26.7. The summed E-state index contributed by atoms with van der Waals surface area (Å²) >= 11 is 0. The smallest absolute Gasteiger partial charge is 0.325 e. The fourth-order valence-electron chi connectivity index (χ4n) is 3.15. The van der Waals surface area contributed by atoms with E-state index >= 15 is 0 Å². The number of ether oxygens (including phenoxy) is 1. The summed E-state index contributed by atoms with van der Waals surface area (Å²) in [5.41, 5.74) is 1.82. The van der Waals surface area contributed by atoms with Crippen molar-refractivity contribution in [1.29, 1.82) is 0 Å². The summed E-state index contributed by atoms with van der Waals surface area (Å²) in [5.74, 6) is 0.899. The lowest BCUT2D eigenvalue weighted by Gasteiger charge is -2.22. The number of carbonyl (C=O) groups is 2. The van der Waals surface area contributed by atoms with E-state index in [1.165, 1.54) is 10.5 Å². The molecule has 0 aliphatic carbocycles. The number of nitrogens with zero attached hydrogens (tertiary/aromatic N) is 1. The van der Waals surface area contributed by atoms with Crippen LogP contribution in [0.25, 0.3) is 0 Å². The van der Waals surface area contributed by atoms with Gasteiger partial charge in [-0.1, -0.05) is 50.2 Å². The van der Waals surface area contributed by atoms with E-state index in [4.69, 9.17) is 4.74 Å². The highest BCUT2D eigenvalue weighted by atomic mass is 16.5. The number of nitrogens with one attached hydrogen (secondary N) is 1. The number of hydrogen-bond acceptors (Lipinski definition) is 3. The van der Waals surface area contributed by atoms with Crippen LogP contribution < -0.4 is 10.1 Å². The summed E-state index contributed by atoms with van der Waals surface area (Å²) in [6.45, 7) is 6.26. The van der Waals surface area contributed by atoms with Crippen molar-refractivity contribution in [1.82, 2.24) is 10.2 Å². The molecule has 1 aliphatic heterocycles. The largest absolute Gasteiger partial charge is 0.497 e. The van der Waals surface area contributed by atoms with Gasteiger partial charge in [0.15, 0.2) is 0 Å². The van der Waals surface area contributed by atoms with Crippen LogP contribution in [0, 0.1) is 0 Å². The van der Waals surface area contributed by atoms with E-state index in [1.54, 1.807) is 38.3 Å². The monoisotopic (exact) mass is 352 g/mol. The summed E-state index contributed by atoms with van der Waals surface area (Å²) in [6.07, 6.45) is 0. The fraction of sp³-hybridized carbons (Fsp3) is 0.333. The molecule has 3 rings (SSSR count). The van der Waals surface area contributed by atoms with E-state index in [2.05, 4.69) is 19.2 Å². The number of carbonyl (C=O) groups excluding carboxylic acids is 2. The first kappa shape index (κ1) is 18.0. The van der Waals surface area contributed by atoms with E-state index in [0.717, 1.165) is 11.1 Å². The number of urea groups is 1. The maximum absolute atomic E-state index is 13.0. The minimum absolute atomic E-state index is 0.249. The Bertz CT molecular complexity index is 812. The Morgan fingerprint density at radius 1 is 1.04 bits per heavy atom. The Balaban J connectivity index is 1.81. The molecule has 0 spiro atoms. The van der Waals surface area contributed by atoms with Crippen molar-refractivity contribution in [3.05, 3.63) is 65.2 Å². The Morgan fingerprint density at radius 2 is 1.65 bits per heavy atom.